The number of nitrogens with zero attached hydrogens (tertiary/aromatic N) is 3. The molecule has 172 valence electrons. The molecule has 1 fully saturated rings. The molecule has 0 aliphatic carbocycles. The summed E-state index contributed by atoms with van der Waals surface area (Å²) in [6.07, 6.45) is -1.35. The number of aryl methyl sites for hydroxylation is 1. The van der Waals surface area contributed by atoms with Gasteiger partial charge < -0.3 is 10.6 Å². The lowest BCUT2D eigenvalue weighted by Gasteiger charge is -2.36. The number of piperazine rings is 1. The number of pyridine rings is 1. The molecule has 1 aliphatic heterocycles. The fourth-order valence-electron chi connectivity index (χ4n) is 4.22. The summed E-state index contributed by atoms with van der Waals surface area (Å²) < 4.78 is 38.9. The number of rotatable bonds is 6. The average molecular weight is 465 g/mol. The Kier molecular flexibility index (Phi) is 7.85. The zero-order chi connectivity index (χ0) is 21.8. The third-order valence-corrected chi connectivity index (χ3v) is 5.89. The van der Waals surface area contributed by atoms with E-state index in [4.69, 9.17) is 5.73 Å². The van der Waals surface area contributed by atoms with Crippen molar-refractivity contribution in [3.63, 3.8) is 0 Å². The van der Waals surface area contributed by atoms with Gasteiger partial charge in [-0.15, -0.1) is 12.4 Å². The number of hydrogen-bond acceptors (Lipinski definition) is 4. The van der Waals surface area contributed by atoms with Crippen LogP contribution in [-0.2, 0) is 12.6 Å². The maximum absolute atomic E-state index is 13.0. The minimum atomic E-state index is -4.30. The molecule has 3 aromatic rings. The lowest BCUT2D eigenvalue weighted by molar-refractivity contribution is -0.137. The van der Waals surface area contributed by atoms with Crippen LogP contribution in [0.3, 0.4) is 0 Å². The molecule has 4 nitrogen and oxygen atoms in total. The van der Waals surface area contributed by atoms with Crippen molar-refractivity contribution in [2.75, 3.05) is 43.4 Å². The second kappa shape index (κ2) is 10.4. The molecule has 0 bridgehead atoms. The van der Waals surface area contributed by atoms with Crippen molar-refractivity contribution in [2.45, 2.75) is 25.4 Å². The zero-order valence-electron chi connectivity index (χ0n) is 17.8. The lowest BCUT2D eigenvalue weighted by Crippen LogP contribution is -2.46. The molecule has 2 heterocycles. The van der Waals surface area contributed by atoms with Crippen molar-refractivity contribution in [2.24, 2.45) is 0 Å². The molecule has 1 aromatic heterocycles. The standard InChI is InChI=1S/C24H27F3N4.ClH/c25-24(26,27)19-7-5-8-20(17-19)31-14-12-30(13-15-31)11-4-3-10-22-21-9-2-1-6-18(21)16-23(28)29-22;/h1-2,5-9,16-17H,3-4,10-15H2,(H2,28,29);1H. The van der Waals surface area contributed by atoms with Crippen molar-refractivity contribution in [1.29, 1.82) is 0 Å². The van der Waals surface area contributed by atoms with Gasteiger partial charge in [0.25, 0.3) is 0 Å². The molecule has 0 atom stereocenters. The summed E-state index contributed by atoms with van der Waals surface area (Å²) >= 11 is 0. The van der Waals surface area contributed by atoms with Gasteiger partial charge in [-0.1, -0.05) is 30.3 Å². The number of aromatic nitrogens is 1. The molecule has 0 saturated carbocycles. The van der Waals surface area contributed by atoms with E-state index >= 15 is 0 Å². The van der Waals surface area contributed by atoms with E-state index in [0.717, 1.165) is 74.5 Å². The fourth-order valence-corrected chi connectivity index (χ4v) is 4.22. The molecular formula is C24H28ClF3N4. The summed E-state index contributed by atoms with van der Waals surface area (Å²) in [4.78, 5) is 8.95. The quantitative estimate of drug-likeness (QED) is 0.496. The number of nitrogen functional groups attached to an aromatic ring is 1. The van der Waals surface area contributed by atoms with E-state index in [-0.39, 0.29) is 12.4 Å². The largest absolute Gasteiger partial charge is 0.416 e. The van der Waals surface area contributed by atoms with Crippen LogP contribution in [0.2, 0.25) is 0 Å². The second-order valence-corrected chi connectivity index (χ2v) is 8.05. The van der Waals surface area contributed by atoms with E-state index in [1.165, 1.54) is 12.1 Å². The Labute approximate surface area is 192 Å². The third kappa shape index (κ3) is 5.84. The van der Waals surface area contributed by atoms with Gasteiger partial charge >= 0.3 is 6.18 Å². The molecule has 0 unspecified atom stereocenters. The predicted molar refractivity (Wildman–Crippen MR) is 126 cm³/mol. The van der Waals surface area contributed by atoms with E-state index in [1.807, 2.05) is 23.1 Å². The van der Waals surface area contributed by atoms with E-state index < -0.39 is 11.7 Å². The maximum Gasteiger partial charge on any atom is 0.416 e. The van der Waals surface area contributed by atoms with Gasteiger partial charge in [0.2, 0.25) is 0 Å². The number of unbranched alkanes of at least 4 members (excludes halogenated alkanes) is 1. The first-order valence-electron chi connectivity index (χ1n) is 10.7. The Morgan fingerprint density at radius 3 is 2.41 bits per heavy atom. The topological polar surface area (TPSA) is 45.4 Å². The minimum Gasteiger partial charge on any atom is -0.384 e. The van der Waals surface area contributed by atoms with E-state index in [2.05, 4.69) is 22.0 Å². The van der Waals surface area contributed by atoms with Crippen molar-refractivity contribution >= 4 is 34.7 Å². The van der Waals surface area contributed by atoms with Crippen LogP contribution in [0.4, 0.5) is 24.7 Å². The Balaban J connectivity index is 0.00000289. The summed E-state index contributed by atoms with van der Waals surface area (Å²) in [7, 11) is 0. The lowest BCUT2D eigenvalue weighted by atomic mass is 10.1. The van der Waals surface area contributed by atoms with Gasteiger partial charge in [-0.05, 0) is 55.5 Å². The highest BCUT2D eigenvalue weighted by Crippen LogP contribution is 2.32. The molecule has 4 rings (SSSR count). The number of alkyl halides is 3. The number of hydrogen-bond donors (Lipinski definition) is 1. The summed E-state index contributed by atoms with van der Waals surface area (Å²) in [5.41, 5.74) is 7.06. The summed E-state index contributed by atoms with van der Waals surface area (Å²) in [6, 6.07) is 15.7. The smallest absolute Gasteiger partial charge is 0.384 e. The first-order valence-corrected chi connectivity index (χ1v) is 10.7. The average Bonchev–Trinajstić information content (AvgIpc) is 2.76. The van der Waals surface area contributed by atoms with Gasteiger partial charge in [-0.25, -0.2) is 4.98 Å². The molecule has 2 aromatic carbocycles. The van der Waals surface area contributed by atoms with E-state index in [9.17, 15) is 13.2 Å². The highest BCUT2D eigenvalue weighted by Gasteiger charge is 2.31. The molecule has 1 aliphatic rings. The number of anilines is 2. The monoisotopic (exact) mass is 464 g/mol. The second-order valence-electron chi connectivity index (χ2n) is 8.05. The zero-order valence-corrected chi connectivity index (χ0v) is 18.6. The minimum absolute atomic E-state index is 0. The summed E-state index contributed by atoms with van der Waals surface area (Å²) in [5.74, 6) is 0.555. The number of halogens is 4. The van der Waals surface area contributed by atoms with Crippen LogP contribution in [0.1, 0.15) is 24.1 Å². The summed E-state index contributed by atoms with van der Waals surface area (Å²) in [6.45, 7) is 4.17. The highest BCUT2D eigenvalue weighted by molar-refractivity contribution is 5.86. The summed E-state index contributed by atoms with van der Waals surface area (Å²) in [5, 5.41) is 2.28. The molecule has 8 heteroatoms. The van der Waals surface area contributed by atoms with Crippen molar-refractivity contribution in [3.8, 4) is 0 Å². The number of nitrogens with two attached hydrogens (primary N) is 1. The third-order valence-electron chi connectivity index (χ3n) is 5.89. The van der Waals surface area contributed by atoms with Gasteiger partial charge in [-0.3, -0.25) is 4.90 Å². The van der Waals surface area contributed by atoms with Gasteiger partial charge in [0.1, 0.15) is 5.82 Å². The van der Waals surface area contributed by atoms with Gasteiger partial charge in [0.05, 0.1) is 11.3 Å². The van der Waals surface area contributed by atoms with Gasteiger partial charge in [0.15, 0.2) is 0 Å². The normalized spacial score (nSPS) is 15.0. The molecule has 0 spiro atoms. The van der Waals surface area contributed by atoms with Gasteiger partial charge in [0, 0.05) is 37.3 Å². The highest BCUT2D eigenvalue weighted by atomic mass is 35.5. The molecule has 0 amide bonds. The van der Waals surface area contributed by atoms with Crippen molar-refractivity contribution in [3.05, 3.63) is 65.9 Å². The molecule has 0 radical (unpaired) electrons. The molecular weight excluding hydrogens is 437 g/mol. The number of benzene rings is 2. The van der Waals surface area contributed by atoms with Crippen molar-refractivity contribution in [1.82, 2.24) is 9.88 Å². The van der Waals surface area contributed by atoms with Crippen LogP contribution in [0.5, 0.6) is 0 Å². The van der Waals surface area contributed by atoms with Gasteiger partial charge in [-0.2, -0.15) is 13.2 Å². The first kappa shape index (κ1) is 24.1. The van der Waals surface area contributed by atoms with Crippen LogP contribution in [-0.4, -0.2) is 42.6 Å². The van der Waals surface area contributed by atoms with E-state index in [1.54, 1.807) is 6.07 Å². The predicted octanol–water partition coefficient (Wildman–Crippen LogP) is 5.40. The number of fused-ring (bicyclic) bond motifs is 1. The van der Waals surface area contributed by atoms with Crippen LogP contribution in [0.25, 0.3) is 10.8 Å². The van der Waals surface area contributed by atoms with Crippen LogP contribution < -0.4 is 10.6 Å². The van der Waals surface area contributed by atoms with Crippen LogP contribution >= 0.6 is 12.4 Å². The maximum atomic E-state index is 13.0. The Morgan fingerprint density at radius 2 is 1.66 bits per heavy atom. The molecule has 1 saturated heterocycles. The van der Waals surface area contributed by atoms with E-state index in [0.29, 0.717) is 11.5 Å². The first-order chi connectivity index (χ1) is 14.9. The Bertz CT molecular complexity index is 1030. The van der Waals surface area contributed by atoms with Crippen LogP contribution in [0.15, 0.2) is 54.6 Å². The fraction of sp³-hybridized carbons (Fsp3) is 0.375. The SMILES string of the molecule is Cl.Nc1cc2ccccc2c(CCCCN2CCN(c3cccc(C(F)(F)F)c3)CC2)n1. The Morgan fingerprint density at radius 1 is 0.906 bits per heavy atom. The molecule has 2 N–H and O–H groups in total. The Hall–Kier alpha value is -2.51. The van der Waals surface area contributed by atoms with Crippen molar-refractivity contribution < 1.29 is 13.2 Å². The van der Waals surface area contributed by atoms with Crippen LogP contribution in [0, 0.1) is 0 Å². The molecule has 32 heavy (non-hydrogen) atoms.